The van der Waals surface area contributed by atoms with Crippen molar-refractivity contribution in [2.75, 3.05) is 6.54 Å². The molecule has 0 heterocycles. The highest BCUT2D eigenvalue weighted by Crippen LogP contribution is 2.18. The first kappa shape index (κ1) is 11.4. The zero-order chi connectivity index (χ0) is 11.1. The Morgan fingerprint density at radius 1 is 1.06 bits per heavy atom. The Labute approximate surface area is 98.6 Å². The van der Waals surface area contributed by atoms with E-state index in [1.54, 1.807) is 5.57 Å². The lowest BCUT2D eigenvalue weighted by molar-refractivity contribution is -0.670. The van der Waals surface area contributed by atoms with Gasteiger partial charge in [-0.05, 0) is 25.7 Å². The summed E-state index contributed by atoms with van der Waals surface area (Å²) in [5.41, 5.74) is 3.12. The smallest absolute Gasteiger partial charge is 0.101 e. The third-order valence-electron chi connectivity index (χ3n) is 3.28. The Morgan fingerprint density at radius 3 is 2.69 bits per heavy atom. The van der Waals surface area contributed by atoms with Gasteiger partial charge >= 0.3 is 0 Å². The van der Waals surface area contributed by atoms with E-state index < -0.39 is 0 Å². The van der Waals surface area contributed by atoms with E-state index in [0.717, 1.165) is 6.54 Å². The van der Waals surface area contributed by atoms with Gasteiger partial charge in [0.05, 0.1) is 6.54 Å². The van der Waals surface area contributed by atoms with Gasteiger partial charge in [-0.1, -0.05) is 42.0 Å². The molecule has 0 aliphatic heterocycles. The number of hydrogen-bond donors (Lipinski definition) is 1. The SMILES string of the molecule is C1=C(CC[NH2+]Cc2ccccc2)CCCC1. The molecule has 1 heteroatoms. The number of allylic oxidation sites excluding steroid dienone is 1. The lowest BCUT2D eigenvalue weighted by Gasteiger charge is -2.11. The van der Waals surface area contributed by atoms with Crippen LogP contribution in [-0.2, 0) is 6.54 Å². The van der Waals surface area contributed by atoms with E-state index in [0.29, 0.717) is 0 Å². The second-order valence-electron chi connectivity index (χ2n) is 4.63. The van der Waals surface area contributed by atoms with Crippen LogP contribution in [-0.4, -0.2) is 6.54 Å². The second-order valence-corrected chi connectivity index (χ2v) is 4.63. The first-order valence-electron chi connectivity index (χ1n) is 6.48. The molecular formula is C15H22N+. The molecule has 1 nitrogen and oxygen atoms in total. The Bertz CT molecular complexity index is 327. The van der Waals surface area contributed by atoms with Gasteiger partial charge < -0.3 is 5.32 Å². The summed E-state index contributed by atoms with van der Waals surface area (Å²) in [4.78, 5) is 0. The van der Waals surface area contributed by atoms with Crippen molar-refractivity contribution in [3.05, 3.63) is 47.5 Å². The van der Waals surface area contributed by atoms with Gasteiger partial charge in [0.1, 0.15) is 6.54 Å². The fourth-order valence-electron chi connectivity index (χ4n) is 2.30. The summed E-state index contributed by atoms with van der Waals surface area (Å²) in [7, 11) is 0. The highest BCUT2D eigenvalue weighted by molar-refractivity contribution is 5.13. The van der Waals surface area contributed by atoms with Gasteiger partial charge in [-0.25, -0.2) is 0 Å². The Morgan fingerprint density at radius 2 is 1.94 bits per heavy atom. The van der Waals surface area contributed by atoms with E-state index in [4.69, 9.17) is 0 Å². The van der Waals surface area contributed by atoms with Crippen molar-refractivity contribution in [1.29, 1.82) is 0 Å². The topological polar surface area (TPSA) is 16.6 Å². The number of benzene rings is 1. The molecule has 0 fully saturated rings. The summed E-state index contributed by atoms with van der Waals surface area (Å²) < 4.78 is 0. The standard InChI is InChI=1S/C15H21N/c1-3-7-14(8-4-1)11-12-16-13-15-9-5-2-6-10-15/h2,5-7,9-10,16H,1,3-4,8,11-13H2/p+1. The van der Waals surface area contributed by atoms with Crippen LogP contribution >= 0.6 is 0 Å². The molecule has 16 heavy (non-hydrogen) atoms. The van der Waals surface area contributed by atoms with E-state index in [-0.39, 0.29) is 0 Å². The monoisotopic (exact) mass is 216 g/mol. The fourth-order valence-corrected chi connectivity index (χ4v) is 2.30. The lowest BCUT2D eigenvalue weighted by atomic mass is 9.97. The molecule has 0 atom stereocenters. The third-order valence-corrected chi connectivity index (χ3v) is 3.28. The third kappa shape index (κ3) is 3.82. The van der Waals surface area contributed by atoms with Crippen molar-refractivity contribution < 1.29 is 5.32 Å². The number of nitrogens with two attached hydrogens (primary N) is 1. The Hall–Kier alpha value is -1.08. The molecule has 0 radical (unpaired) electrons. The maximum Gasteiger partial charge on any atom is 0.101 e. The Balaban J connectivity index is 1.63. The summed E-state index contributed by atoms with van der Waals surface area (Å²) in [6.07, 6.45) is 9.21. The lowest BCUT2D eigenvalue weighted by Crippen LogP contribution is -2.82. The van der Waals surface area contributed by atoms with Crippen LogP contribution in [0, 0.1) is 0 Å². The van der Waals surface area contributed by atoms with E-state index in [1.165, 1.54) is 44.2 Å². The molecule has 0 saturated heterocycles. The van der Waals surface area contributed by atoms with Crippen molar-refractivity contribution in [1.82, 2.24) is 0 Å². The molecule has 2 rings (SSSR count). The normalized spacial score (nSPS) is 15.9. The molecule has 0 amide bonds. The van der Waals surface area contributed by atoms with Crippen molar-refractivity contribution in [2.45, 2.75) is 38.6 Å². The summed E-state index contributed by atoms with van der Waals surface area (Å²) in [5.74, 6) is 0. The molecule has 0 spiro atoms. The van der Waals surface area contributed by atoms with Gasteiger partial charge in [-0.3, -0.25) is 0 Å². The summed E-state index contributed by atoms with van der Waals surface area (Å²) in [6.45, 7) is 2.36. The van der Waals surface area contributed by atoms with Crippen LogP contribution in [0.4, 0.5) is 0 Å². The zero-order valence-corrected chi connectivity index (χ0v) is 9.99. The number of hydrogen-bond acceptors (Lipinski definition) is 0. The fraction of sp³-hybridized carbons (Fsp3) is 0.467. The van der Waals surface area contributed by atoms with Gasteiger partial charge in [0.2, 0.25) is 0 Å². The predicted molar refractivity (Wildman–Crippen MR) is 68.1 cm³/mol. The van der Waals surface area contributed by atoms with Crippen LogP contribution < -0.4 is 5.32 Å². The van der Waals surface area contributed by atoms with Crippen molar-refractivity contribution in [3.63, 3.8) is 0 Å². The molecular weight excluding hydrogens is 194 g/mol. The average Bonchev–Trinajstić information content (AvgIpc) is 2.37. The van der Waals surface area contributed by atoms with Crippen molar-refractivity contribution in [2.24, 2.45) is 0 Å². The molecule has 0 bridgehead atoms. The quantitative estimate of drug-likeness (QED) is 0.575. The maximum atomic E-state index is 2.46. The van der Waals surface area contributed by atoms with Gasteiger partial charge in [-0.2, -0.15) is 0 Å². The van der Waals surface area contributed by atoms with Crippen LogP contribution in [0.5, 0.6) is 0 Å². The minimum absolute atomic E-state index is 1.12. The van der Waals surface area contributed by atoms with E-state index in [9.17, 15) is 0 Å². The minimum atomic E-state index is 1.12. The van der Waals surface area contributed by atoms with Crippen LogP contribution in [0.2, 0.25) is 0 Å². The first-order valence-corrected chi connectivity index (χ1v) is 6.48. The molecule has 1 aromatic carbocycles. The summed E-state index contributed by atoms with van der Waals surface area (Å²) >= 11 is 0. The molecule has 86 valence electrons. The van der Waals surface area contributed by atoms with Gasteiger partial charge in [0.15, 0.2) is 0 Å². The van der Waals surface area contributed by atoms with Crippen LogP contribution in [0.1, 0.15) is 37.7 Å². The molecule has 2 N–H and O–H groups in total. The first-order chi connectivity index (χ1) is 7.95. The predicted octanol–water partition coefficient (Wildman–Crippen LogP) is 2.64. The van der Waals surface area contributed by atoms with Gasteiger partial charge in [-0.15, -0.1) is 0 Å². The van der Waals surface area contributed by atoms with E-state index in [2.05, 4.69) is 41.7 Å². The van der Waals surface area contributed by atoms with Crippen LogP contribution in [0.3, 0.4) is 0 Å². The van der Waals surface area contributed by atoms with Crippen LogP contribution in [0.15, 0.2) is 42.0 Å². The number of rotatable bonds is 5. The zero-order valence-electron chi connectivity index (χ0n) is 9.99. The molecule has 1 aliphatic carbocycles. The highest BCUT2D eigenvalue weighted by Gasteiger charge is 2.03. The highest BCUT2D eigenvalue weighted by atomic mass is 14.8. The molecule has 1 aromatic rings. The second kappa shape index (κ2) is 6.49. The molecule has 1 aliphatic rings. The van der Waals surface area contributed by atoms with Gasteiger partial charge in [0, 0.05) is 12.0 Å². The van der Waals surface area contributed by atoms with E-state index >= 15 is 0 Å². The van der Waals surface area contributed by atoms with Crippen molar-refractivity contribution in [3.8, 4) is 0 Å². The Kier molecular flexibility index (Phi) is 4.63. The summed E-state index contributed by atoms with van der Waals surface area (Å²) in [6, 6.07) is 10.7. The average molecular weight is 216 g/mol. The minimum Gasteiger partial charge on any atom is -0.342 e. The largest absolute Gasteiger partial charge is 0.342 e. The maximum absolute atomic E-state index is 2.46. The van der Waals surface area contributed by atoms with Gasteiger partial charge in [0.25, 0.3) is 0 Å². The van der Waals surface area contributed by atoms with E-state index in [1.807, 2.05) is 0 Å². The molecule has 0 unspecified atom stereocenters. The molecule has 0 aromatic heterocycles. The van der Waals surface area contributed by atoms with Crippen LogP contribution in [0.25, 0.3) is 0 Å². The number of quaternary nitrogens is 1. The van der Waals surface area contributed by atoms with Crippen molar-refractivity contribution >= 4 is 0 Å². The summed E-state index contributed by atoms with van der Waals surface area (Å²) in [5, 5.41) is 2.42. The molecule has 0 saturated carbocycles.